The molecule has 0 saturated heterocycles. The quantitative estimate of drug-likeness (QED) is 0.744. The van der Waals surface area contributed by atoms with Crippen LogP contribution in [0.5, 0.6) is 0 Å². The molecule has 0 aliphatic heterocycles. The zero-order valence-corrected chi connectivity index (χ0v) is 11.1. The zero-order chi connectivity index (χ0) is 12.4. The van der Waals surface area contributed by atoms with Crippen molar-refractivity contribution in [2.75, 3.05) is 0 Å². The third-order valence-electron chi connectivity index (χ3n) is 2.37. The highest BCUT2D eigenvalue weighted by molar-refractivity contribution is 6.30. The third-order valence-corrected chi connectivity index (χ3v) is 2.81. The van der Waals surface area contributed by atoms with E-state index in [2.05, 4.69) is 9.97 Å². The summed E-state index contributed by atoms with van der Waals surface area (Å²) in [4.78, 5) is 8.70. The lowest BCUT2D eigenvalue weighted by Crippen LogP contribution is -1.99. The van der Waals surface area contributed by atoms with Crippen LogP contribution in [0.3, 0.4) is 0 Å². The fourth-order valence-corrected chi connectivity index (χ4v) is 1.78. The van der Waals surface area contributed by atoms with Crippen LogP contribution in [-0.2, 0) is 0 Å². The Morgan fingerprint density at radius 1 is 1.00 bits per heavy atom. The Hall–Kier alpha value is -1.12. The van der Waals surface area contributed by atoms with Crippen molar-refractivity contribution >= 4 is 23.2 Å². The van der Waals surface area contributed by atoms with Gasteiger partial charge in [-0.25, -0.2) is 9.97 Å². The minimum absolute atomic E-state index is 0.250. The van der Waals surface area contributed by atoms with E-state index in [-0.39, 0.29) is 5.92 Å². The molecule has 88 valence electrons. The van der Waals surface area contributed by atoms with Crippen LogP contribution in [0.2, 0.25) is 10.2 Å². The molecule has 0 spiro atoms. The van der Waals surface area contributed by atoms with Crippen molar-refractivity contribution in [2.24, 2.45) is 0 Å². The van der Waals surface area contributed by atoms with Gasteiger partial charge in [0.2, 0.25) is 0 Å². The van der Waals surface area contributed by atoms with E-state index in [1.54, 1.807) is 6.07 Å². The summed E-state index contributed by atoms with van der Waals surface area (Å²) in [6.45, 7) is 4.08. The van der Waals surface area contributed by atoms with E-state index >= 15 is 0 Å². The van der Waals surface area contributed by atoms with Crippen LogP contribution >= 0.6 is 23.2 Å². The van der Waals surface area contributed by atoms with Crippen LogP contribution in [0, 0.1) is 0 Å². The van der Waals surface area contributed by atoms with Crippen LogP contribution in [0.15, 0.2) is 30.3 Å². The summed E-state index contributed by atoms with van der Waals surface area (Å²) in [5.41, 5.74) is 1.81. The number of benzene rings is 1. The lowest BCUT2D eigenvalue weighted by atomic mass is 10.1. The highest BCUT2D eigenvalue weighted by Gasteiger charge is 2.08. The van der Waals surface area contributed by atoms with Crippen LogP contribution in [0.1, 0.15) is 25.6 Å². The minimum Gasteiger partial charge on any atom is -0.233 e. The van der Waals surface area contributed by atoms with E-state index in [4.69, 9.17) is 23.2 Å². The maximum absolute atomic E-state index is 6.00. The molecule has 2 nitrogen and oxygen atoms in total. The Labute approximate surface area is 111 Å². The van der Waals surface area contributed by atoms with Crippen molar-refractivity contribution in [2.45, 2.75) is 19.8 Å². The van der Waals surface area contributed by atoms with E-state index in [9.17, 15) is 0 Å². The second kappa shape index (κ2) is 5.03. The normalized spacial score (nSPS) is 10.9. The Kier molecular flexibility index (Phi) is 3.65. The number of nitrogens with zero attached hydrogens (tertiary/aromatic N) is 2. The van der Waals surface area contributed by atoms with Gasteiger partial charge in [-0.2, -0.15) is 0 Å². The van der Waals surface area contributed by atoms with Crippen molar-refractivity contribution in [3.8, 4) is 11.3 Å². The van der Waals surface area contributed by atoms with E-state index < -0.39 is 0 Å². The molecule has 4 heteroatoms. The molecule has 0 radical (unpaired) electrons. The molecule has 0 amide bonds. The molecule has 0 fully saturated rings. The number of aromatic nitrogens is 2. The van der Waals surface area contributed by atoms with Crippen LogP contribution in [0.4, 0.5) is 0 Å². The van der Waals surface area contributed by atoms with Crippen molar-refractivity contribution in [1.29, 1.82) is 0 Å². The summed E-state index contributed by atoms with van der Waals surface area (Å²) >= 11 is 11.9. The molecule has 2 rings (SSSR count). The first-order chi connectivity index (χ1) is 8.06. The monoisotopic (exact) mass is 266 g/mol. The summed E-state index contributed by atoms with van der Waals surface area (Å²) in [6.07, 6.45) is 0. The molecule has 1 aromatic heterocycles. The van der Waals surface area contributed by atoms with Gasteiger partial charge in [0.15, 0.2) is 0 Å². The molecule has 0 N–H and O–H groups in total. The molecule has 0 aliphatic carbocycles. The molecule has 1 aromatic carbocycles. The van der Waals surface area contributed by atoms with E-state index in [0.717, 1.165) is 17.1 Å². The van der Waals surface area contributed by atoms with Crippen LogP contribution < -0.4 is 0 Å². The lowest BCUT2D eigenvalue weighted by molar-refractivity contribution is 0.776. The van der Waals surface area contributed by atoms with Gasteiger partial charge in [-0.15, -0.1) is 0 Å². The van der Waals surface area contributed by atoms with Gasteiger partial charge in [0.05, 0.1) is 5.69 Å². The summed E-state index contributed by atoms with van der Waals surface area (Å²) in [7, 11) is 0. The predicted molar refractivity (Wildman–Crippen MR) is 71.6 cm³/mol. The molecular formula is C13H12Cl2N2. The van der Waals surface area contributed by atoms with Gasteiger partial charge in [0.25, 0.3) is 0 Å². The average molecular weight is 267 g/mol. The summed E-state index contributed by atoms with van der Waals surface area (Å²) in [6, 6.07) is 9.27. The van der Waals surface area contributed by atoms with Gasteiger partial charge in [-0.3, -0.25) is 0 Å². The highest BCUT2D eigenvalue weighted by Crippen LogP contribution is 2.23. The fraction of sp³-hybridized carbons (Fsp3) is 0.231. The van der Waals surface area contributed by atoms with E-state index in [1.165, 1.54) is 0 Å². The first-order valence-corrected chi connectivity index (χ1v) is 6.12. The van der Waals surface area contributed by atoms with Crippen molar-refractivity contribution in [3.63, 3.8) is 0 Å². The van der Waals surface area contributed by atoms with E-state index in [1.807, 2.05) is 38.1 Å². The van der Waals surface area contributed by atoms with Gasteiger partial charge in [0.1, 0.15) is 11.0 Å². The van der Waals surface area contributed by atoms with Gasteiger partial charge < -0.3 is 0 Å². The summed E-state index contributed by atoms with van der Waals surface area (Å²) in [5, 5.41) is 1.17. The largest absolute Gasteiger partial charge is 0.233 e. The number of halogens is 2. The maximum Gasteiger partial charge on any atom is 0.133 e. The molecule has 2 aromatic rings. The van der Waals surface area contributed by atoms with Crippen molar-refractivity contribution in [3.05, 3.63) is 46.3 Å². The van der Waals surface area contributed by atoms with Gasteiger partial charge >= 0.3 is 0 Å². The minimum atomic E-state index is 0.250. The van der Waals surface area contributed by atoms with Crippen LogP contribution in [-0.4, -0.2) is 9.97 Å². The predicted octanol–water partition coefficient (Wildman–Crippen LogP) is 4.57. The molecule has 0 atom stereocenters. The molecular weight excluding hydrogens is 255 g/mol. The Morgan fingerprint density at radius 2 is 1.65 bits per heavy atom. The number of rotatable bonds is 2. The Morgan fingerprint density at radius 3 is 2.24 bits per heavy atom. The topological polar surface area (TPSA) is 25.8 Å². The summed E-state index contributed by atoms with van der Waals surface area (Å²) < 4.78 is 0. The number of hydrogen-bond donors (Lipinski definition) is 0. The molecule has 0 aliphatic rings. The molecule has 1 heterocycles. The zero-order valence-electron chi connectivity index (χ0n) is 9.61. The Balaban J connectivity index is 2.48. The lowest BCUT2D eigenvalue weighted by Gasteiger charge is -2.07. The summed E-state index contributed by atoms with van der Waals surface area (Å²) in [5.74, 6) is 1.00. The first-order valence-electron chi connectivity index (χ1n) is 5.36. The standard InChI is InChI=1S/C13H12Cl2N2/c1-8(2)13-16-11(7-12(15)17-13)9-3-5-10(14)6-4-9/h3-8H,1-2H3. The Bertz CT molecular complexity index is 521. The second-order valence-corrected chi connectivity index (χ2v) is 4.92. The molecule has 0 unspecified atom stereocenters. The average Bonchev–Trinajstić information content (AvgIpc) is 2.29. The second-order valence-electron chi connectivity index (χ2n) is 4.10. The molecule has 0 saturated carbocycles. The third kappa shape index (κ3) is 2.96. The smallest absolute Gasteiger partial charge is 0.133 e. The number of hydrogen-bond acceptors (Lipinski definition) is 2. The first kappa shape index (κ1) is 12.3. The molecule has 17 heavy (non-hydrogen) atoms. The van der Waals surface area contributed by atoms with Crippen LogP contribution in [0.25, 0.3) is 11.3 Å². The molecule has 0 bridgehead atoms. The SMILES string of the molecule is CC(C)c1nc(Cl)cc(-c2ccc(Cl)cc2)n1. The van der Waals surface area contributed by atoms with Crippen molar-refractivity contribution < 1.29 is 0 Å². The van der Waals surface area contributed by atoms with Gasteiger partial charge in [-0.1, -0.05) is 49.2 Å². The fourth-order valence-electron chi connectivity index (χ4n) is 1.46. The van der Waals surface area contributed by atoms with Gasteiger partial charge in [-0.05, 0) is 12.1 Å². The maximum atomic E-state index is 6.00. The van der Waals surface area contributed by atoms with Crippen molar-refractivity contribution in [1.82, 2.24) is 9.97 Å². The van der Waals surface area contributed by atoms with Gasteiger partial charge in [0, 0.05) is 22.6 Å². The highest BCUT2D eigenvalue weighted by atomic mass is 35.5. The van der Waals surface area contributed by atoms with E-state index in [0.29, 0.717) is 10.2 Å².